The Morgan fingerprint density at radius 2 is 0.982 bits per heavy atom. The number of hydrogen-bond acceptors (Lipinski definition) is 21. The molecule has 1 aromatic heterocycles. The molecule has 0 aliphatic carbocycles. The number of aliphatic hydroxyl groups is 2. The fourth-order valence-corrected chi connectivity index (χ4v) is 14.8. The van der Waals surface area contributed by atoms with E-state index in [1.54, 1.807) is 44.8 Å². The summed E-state index contributed by atoms with van der Waals surface area (Å²) in [6, 6.07) is 43.0. The summed E-state index contributed by atoms with van der Waals surface area (Å²) in [5.41, 5.74) is 11.8. The quantitative estimate of drug-likeness (QED) is 0.0303. The molecule has 6 fully saturated rings. The number of thiocarbonyl (C=S) groups is 1. The monoisotopic (exact) mass is 1730 g/mol. The number of aliphatic hydroxyl groups excluding tert-OH is 2. The van der Waals surface area contributed by atoms with Gasteiger partial charge in [-0.25, -0.2) is 4.98 Å². The van der Waals surface area contributed by atoms with E-state index in [-0.39, 0.29) is 131 Å². The minimum atomic E-state index is -0.801. The van der Waals surface area contributed by atoms with Crippen molar-refractivity contribution in [1.29, 1.82) is 10.5 Å². The molecule has 0 amide bonds. The van der Waals surface area contributed by atoms with Crippen molar-refractivity contribution in [3.8, 4) is 29.4 Å². The molecule has 0 atom stereocenters. The van der Waals surface area contributed by atoms with Crippen molar-refractivity contribution in [3.63, 3.8) is 0 Å². The average Bonchev–Trinajstić information content (AvgIpc) is 1.53. The predicted molar refractivity (Wildman–Crippen MR) is 434 cm³/mol. The van der Waals surface area contributed by atoms with Gasteiger partial charge in [0, 0.05) is 127 Å². The number of Topliss-reactive ketones (excluding diaryl/α,β-unsaturated/α-hetero) is 1. The fourth-order valence-electron chi connectivity index (χ4n) is 12.9. The number of carbonyl (C=O) groups excluding carboxylic acids is 1. The molecule has 6 aliphatic rings. The summed E-state index contributed by atoms with van der Waals surface area (Å²) in [7, 11) is 9.24. The number of carbonyl (C=O) groups is 2. The molecule has 0 unspecified atom stereocenters. The van der Waals surface area contributed by atoms with E-state index in [0.717, 1.165) is 171 Å². The number of aliphatic carboxylic acids is 1. The molecule has 0 saturated carbocycles. The Bertz CT molecular complexity index is 3580. The number of benzene rings is 5. The van der Waals surface area contributed by atoms with Crippen LogP contribution in [-0.4, -0.2) is 228 Å². The first-order chi connectivity index (χ1) is 50.9. The van der Waals surface area contributed by atoms with Crippen LogP contribution in [0.2, 0.25) is 0 Å². The zero-order valence-electron chi connectivity index (χ0n) is 64.8. The third kappa shape index (κ3) is 31.1. The second-order valence-electron chi connectivity index (χ2n) is 26.0. The second-order valence-corrected chi connectivity index (χ2v) is 29.1. The molecule has 590 valence electrons. The van der Waals surface area contributed by atoms with Crippen LogP contribution in [-0.2, 0) is 74.6 Å². The molecule has 22 nitrogen and oxygen atoms in total. The average molecular weight is 1730 g/mol. The number of alkyl halides is 3. The van der Waals surface area contributed by atoms with Crippen LogP contribution >= 0.6 is 67.0 Å². The number of anilines is 1. The predicted octanol–water partition coefficient (Wildman–Crippen LogP) is 6.22. The number of hydrogen-bond donors (Lipinski definition) is 4. The maximum atomic E-state index is 12.2. The van der Waals surface area contributed by atoms with E-state index in [2.05, 4.69) is 102 Å². The van der Waals surface area contributed by atoms with Crippen molar-refractivity contribution < 1.29 is 151 Å². The zero-order valence-corrected chi connectivity index (χ0v) is 74.5. The van der Waals surface area contributed by atoms with Gasteiger partial charge in [0.2, 0.25) is 0 Å². The number of nitrogens with two attached hydrogens (primary N) is 1. The normalized spacial score (nSPS) is 17.2. The van der Waals surface area contributed by atoms with Gasteiger partial charge in [0.05, 0.1) is 94.1 Å². The van der Waals surface area contributed by atoms with Gasteiger partial charge in [-0.1, -0.05) is 124 Å². The molecule has 6 aromatic rings. The summed E-state index contributed by atoms with van der Waals surface area (Å²) in [6.07, 6.45) is 6.34. The summed E-state index contributed by atoms with van der Waals surface area (Å²) in [6.45, 7) is 15.2. The van der Waals surface area contributed by atoms with Crippen LogP contribution in [0.3, 0.4) is 0 Å². The number of ether oxygens (including phenoxy) is 8. The van der Waals surface area contributed by atoms with E-state index in [9.17, 15) is 20.0 Å². The summed E-state index contributed by atoms with van der Waals surface area (Å²) >= 11 is 18.9. The van der Waals surface area contributed by atoms with Crippen LogP contribution in [0.5, 0.6) is 17.2 Å². The number of nitriles is 2. The molecular weight excluding hydrogens is 1620 g/mol. The SMILES string of the molecule is BrCCOCCBr.C.CN1CCN(C(N)=S)CC1.COc1ccc(C2(C#N)CCOCC2)cc1.COc1ccc(C2(C(=O)O)CCOCC2)cc1.COc1ccc(C2(c3csc(N4CCN(C)CC4)n3)CCOCC2)cc1.N#CCc1ccc(CO)cc1.O=C(CCl)C1(c2ccc(CO)cc2)CCOCC1.[H-].[K+].[Na+].[OH-]. The summed E-state index contributed by atoms with van der Waals surface area (Å²) < 4.78 is 42.2. The molecule has 109 heavy (non-hydrogen) atoms. The van der Waals surface area contributed by atoms with Gasteiger partial charge in [-0.2, -0.15) is 10.5 Å². The van der Waals surface area contributed by atoms with Crippen LogP contribution in [0.25, 0.3) is 0 Å². The number of ketones is 1. The van der Waals surface area contributed by atoms with Crippen molar-refractivity contribution in [2.24, 2.45) is 5.73 Å². The number of piperazine rings is 2. The van der Waals surface area contributed by atoms with Gasteiger partial charge in [0.1, 0.15) is 17.2 Å². The Morgan fingerprint density at radius 3 is 1.38 bits per heavy atom. The van der Waals surface area contributed by atoms with E-state index >= 15 is 0 Å². The van der Waals surface area contributed by atoms with Crippen LogP contribution in [0, 0.1) is 22.7 Å². The van der Waals surface area contributed by atoms with Gasteiger partial charge in [-0.15, -0.1) is 22.9 Å². The maximum Gasteiger partial charge on any atom is 1.00 e. The van der Waals surface area contributed by atoms with E-state index in [1.807, 2.05) is 89.8 Å². The van der Waals surface area contributed by atoms with Crippen molar-refractivity contribution >= 4 is 89.0 Å². The van der Waals surface area contributed by atoms with Gasteiger partial charge in [-0.3, -0.25) is 9.59 Å². The number of carboxylic acids is 1. The molecule has 6 N–H and O–H groups in total. The molecule has 7 heterocycles. The Morgan fingerprint density at radius 1 is 0.606 bits per heavy atom. The van der Waals surface area contributed by atoms with E-state index < -0.39 is 16.8 Å². The minimum absolute atomic E-state index is 0. The molecule has 5 aromatic carbocycles. The molecule has 0 bridgehead atoms. The first-order valence-electron chi connectivity index (χ1n) is 35.5. The number of nitrogens with zero attached hydrogens (tertiary/aromatic N) is 7. The number of methoxy groups -OCH3 is 3. The summed E-state index contributed by atoms with van der Waals surface area (Å²) in [4.78, 5) is 38.0. The smallest absolute Gasteiger partial charge is 1.00 e. The van der Waals surface area contributed by atoms with Crippen LogP contribution in [0.4, 0.5) is 5.13 Å². The largest absolute Gasteiger partial charge is 1.00 e. The number of thiazole rings is 1. The third-order valence-corrected chi connectivity index (χ3v) is 21.8. The zero-order chi connectivity index (χ0) is 75.9. The third-order valence-electron chi connectivity index (χ3n) is 19.8. The first kappa shape index (κ1) is 101. The molecule has 6 saturated heterocycles. The molecule has 12 rings (SSSR count). The summed E-state index contributed by atoms with van der Waals surface area (Å²) in [5.74, 6) is 1.77. The second kappa shape index (κ2) is 54.9. The van der Waals surface area contributed by atoms with Crippen LogP contribution < -0.4 is 106 Å². The topological polar surface area (TPSA) is 298 Å². The Labute approximate surface area is 743 Å². The minimum Gasteiger partial charge on any atom is -1.00 e. The number of halogens is 3. The Kier molecular flexibility index (Phi) is 51.0. The van der Waals surface area contributed by atoms with Crippen molar-refractivity contribution in [2.75, 3.05) is 175 Å². The van der Waals surface area contributed by atoms with Crippen molar-refractivity contribution in [1.82, 2.24) is 19.7 Å². The van der Waals surface area contributed by atoms with E-state index in [0.29, 0.717) is 76.9 Å². The molecule has 0 spiro atoms. The number of likely N-dealkylation sites (N-methyl/N-ethyl adjacent to an activating group) is 2. The standard InChI is InChI=1S/C20H27N3O2S.C14H17ClO3.C13H15NO2.C13H16O4.C9H9NO.C6H13N3S.C4H8Br2O.CH4.K.Na.H2O.H/c1-22-9-11-23(12-10-22)19-21-18(15-26-19)20(7-13-25-14-8-20)16-3-5-17(24-2)6-4-16;15-9-13(17)14(5-7-18-8-6-14)12-3-1-11(10-16)2-4-12;1-15-12-4-2-11(3-5-12)13(10-14)6-8-16-9-7-13;1-16-11-4-2-10(3-5-11)13(12(14)15)6-8-17-9-7-13;10-6-5-8-1-3-9(7-11)4-2-8;1-8-2-4-9(5-3-8)6(7)10;5-1-3-7-4-2-6;;;;;/h3-6,15H,7-14H2,1-2H3;1-4,16H,5-10H2;2-5H,6-9H2,1H3;2-5H,6-9H2,1H3,(H,14,15);1-4,11H,5,7H2;2-5H2,1H3,(H2,7,10);1-4H2;1H4;;;1H2;/q;;;;;;;;2*+1;;-1/p-1. The van der Waals surface area contributed by atoms with Gasteiger partial charge in [0.15, 0.2) is 16.0 Å². The molecule has 0 radical (unpaired) electrons. The van der Waals surface area contributed by atoms with Gasteiger partial charge >= 0.3 is 86.9 Å². The number of rotatable bonds is 19. The van der Waals surface area contributed by atoms with Crippen LogP contribution in [0.1, 0.15) is 105 Å². The molecule has 29 heteroatoms. The number of aromatic nitrogens is 1. The van der Waals surface area contributed by atoms with Gasteiger partial charge < -0.3 is 85.5 Å². The van der Waals surface area contributed by atoms with Crippen LogP contribution in [0.15, 0.2) is 127 Å². The van der Waals surface area contributed by atoms with E-state index in [1.165, 1.54) is 11.3 Å². The van der Waals surface area contributed by atoms with Crippen molar-refractivity contribution in [2.45, 2.75) is 100 Å². The summed E-state index contributed by atoms with van der Waals surface area (Å²) in [5, 5.41) is 50.8. The molecular formula is C80H111Br2ClKN8NaO14S2. The number of carboxylic acid groups (broad SMARTS) is 1. The van der Waals surface area contributed by atoms with Crippen molar-refractivity contribution in [3.05, 3.63) is 171 Å². The first-order valence-corrected chi connectivity index (χ1v) is 39.5. The fraction of sp³-hybridized carbons (Fsp3) is 0.525. The molecule has 6 aliphatic heterocycles. The Hall–Kier alpha value is -3.77. The van der Waals surface area contributed by atoms with E-state index in [4.69, 9.17) is 87.9 Å². The Balaban J connectivity index is 0.000000658. The van der Waals surface area contributed by atoms with Gasteiger partial charge in [0.25, 0.3) is 0 Å². The maximum absolute atomic E-state index is 12.2. The van der Waals surface area contributed by atoms with Gasteiger partial charge in [-0.05, 0) is 153 Å².